The van der Waals surface area contributed by atoms with Crippen LogP contribution in [0.25, 0.3) is 0 Å². The second-order valence-electron chi connectivity index (χ2n) is 7.39. The second kappa shape index (κ2) is 7.14. The van der Waals surface area contributed by atoms with E-state index in [1.165, 1.54) is 5.56 Å². The molecule has 6 nitrogen and oxygen atoms in total. The Hall–Kier alpha value is -1.92. The average Bonchev–Trinajstić information content (AvgIpc) is 3.22. The molecule has 0 unspecified atom stereocenters. The van der Waals surface area contributed by atoms with Crippen molar-refractivity contribution < 1.29 is 4.74 Å². The minimum atomic E-state index is 0.266. The van der Waals surface area contributed by atoms with Crippen LogP contribution in [0.4, 0.5) is 5.82 Å². The van der Waals surface area contributed by atoms with Gasteiger partial charge in [-0.05, 0) is 31.4 Å². The highest BCUT2D eigenvalue weighted by molar-refractivity contribution is 5.32. The fourth-order valence-corrected chi connectivity index (χ4v) is 4.36. The van der Waals surface area contributed by atoms with E-state index in [0.717, 1.165) is 57.9 Å². The zero-order valence-corrected chi connectivity index (χ0v) is 14.9. The van der Waals surface area contributed by atoms with Gasteiger partial charge in [-0.2, -0.15) is 5.10 Å². The van der Waals surface area contributed by atoms with Gasteiger partial charge < -0.3 is 10.1 Å². The zero-order valence-electron chi connectivity index (χ0n) is 14.9. The molecule has 0 aliphatic carbocycles. The Morgan fingerprint density at radius 3 is 3.16 bits per heavy atom. The Bertz CT molecular complexity index is 688. The molecule has 2 saturated heterocycles. The normalized spacial score (nSPS) is 26.5. The molecular weight excluding hydrogens is 314 g/mol. The van der Waals surface area contributed by atoms with Crippen molar-refractivity contribution in [1.82, 2.24) is 19.7 Å². The van der Waals surface area contributed by atoms with Crippen molar-refractivity contribution in [2.75, 3.05) is 31.6 Å². The summed E-state index contributed by atoms with van der Waals surface area (Å²) in [5.41, 5.74) is 1.56. The van der Waals surface area contributed by atoms with Crippen LogP contribution >= 0.6 is 0 Å². The number of rotatable bonds is 6. The molecule has 0 radical (unpaired) electrons. The molecule has 4 rings (SSSR count). The number of anilines is 1. The zero-order chi connectivity index (χ0) is 17.1. The maximum Gasteiger partial charge on any atom is 0.125 e. The number of ether oxygens (including phenoxy) is 1. The van der Waals surface area contributed by atoms with Gasteiger partial charge in [0.15, 0.2) is 0 Å². The quantitative estimate of drug-likeness (QED) is 0.874. The van der Waals surface area contributed by atoms with E-state index >= 15 is 0 Å². The molecule has 0 aromatic carbocycles. The lowest BCUT2D eigenvalue weighted by Crippen LogP contribution is -2.49. The van der Waals surface area contributed by atoms with E-state index in [4.69, 9.17) is 4.74 Å². The number of hydrogen-bond acceptors (Lipinski definition) is 5. The van der Waals surface area contributed by atoms with Gasteiger partial charge in [-0.1, -0.05) is 6.07 Å². The maximum absolute atomic E-state index is 6.08. The summed E-state index contributed by atoms with van der Waals surface area (Å²) in [6.07, 6.45) is 9.74. The minimum absolute atomic E-state index is 0.266. The molecule has 0 spiro atoms. The molecule has 1 N–H and O–H groups in total. The number of aromatic nitrogens is 3. The monoisotopic (exact) mass is 341 g/mol. The first-order chi connectivity index (χ1) is 12.2. The molecule has 2 atom stereocenters. The number of fused-ring (bicyclic) bond motifs is 1. The first kappa shape index (κ1) is 16.5. The van der Waals surface area contributed by atoms with Gasteiger partial charge >= 0.3 is 0 Å². The number of aryl methyl sites for hydroxylation is 1. The molecule has 2 aromatic rings. The molecular formula is C19H27N5O. The number of nitrogens with zero attached hydrogens (tertiary/aromatic N) is 4. The lowest BCUT2D eigenvalue weighted by molar-refractivity contribution is -0.0228. The molecule has 4 heterocycles. The van der Waals surface area contributed by atoms with E-state index in [1.807, 2.05) is 42.3 Å². The predicted molar refractivity (Wildman–Crippen MR) is 97.2 cm³/mol. The lowest BCUT2D eigenvalue weighted by Gasteiger charge is -2.44. The van der Waals surface area contributed by atoms with E-state index in [2.05, 4.69) is 26.5 Å². The van der Waals surface area contributed by atoms with Crippen LogP contribution in [-0.4, -0.2) is 52.0 Å². The van der Waals surface area contributed by atoms with Gasteiger partial charge in [0.05, 0.1) is 12.3 Å². The molecule has 0 amide bonds. The first-order valence-electron chi connectivity index (χ1n) is 9.20. The molecule has 2 fully saturated rings. The fourth-order valence-electron chi connectivity index (χ4n) is 4.36. The highest BCUT2D eigenvalue weighted by Gasteiger charge is 2.47. The van der Waals surface area contributed by atoms with Crippen molar-refractivity contribution in [3.05, 3.63) is 42.4 Å². The third kappa shape index (κ3) is 3.70. The van der Waals surface area contributed by atoms with Gasteiger partial charge in [-0.15, -0.1) is 0 Å². The predicted octanol–water partition coefficient (Wildman–Crippen LogP) is 2.30. The van der Waals surface area contributed by atoms with Crippen LogP contribution in [0.1, 0.15) is 24.8 Å². The van der Waals surface area contributed by atoms with Crippen LogP contribution in [0.5, 0.6) is 0 Å². The largest absolute Gasteiger partial charge is 0.378 e. The molecule has 6 heteroatoms. The summed E-state index contributed by atoms with van der Waals surface area (Å²) < 4.78 is 7.96. The van der Waals surface area contributed by atoms with E-state index in [-0.39, 0.29) is 5.41 Å². The van der Waals surface area contributed by atoms with Gasteiger partial charge in [-0.25, -0.2) is 4.98 Å². The molecule has 0 saturated carbocycles. The van der Waals surface area contributed by atoms with Crippen molar-refractivity contribution >= 4 is 5.82 Å². The lowest BCUT2D eigenvalue weighted by atomic mass is 9.74. The van der Waals surface area contributed by atoms with Crippen LogP contribution in [0, 0.1) is 5.41 Å². The van der Waals surface area contributed by atoms with Gasteiger partial charge in [0, 0.05) is 63.2 Å². The van der Waals surface area contributed by atoms with E-state index in [1.54, 1.807) is 0 Å². The third-order valence-corrected chi connectivity index (χ3v) is 5.61. The summed E-state index contributed by atoms with van der Waals surface area (Å²) >= 11 is 0. The van der Waals surface area contributed by atoms with Crippen LogP contribution in [0.2, 0.25) is 0 Å². The first-order valence-corrected chi connectivity index (χ1v) is 9.20. The summed E-state index contributed by atoms with van der Waals surface area (Å²) in [5, 5.41) is 7.77. The highest BCUT2D eigenvalue weighted by Crippen LogP contribution is 2.43. The Morgan fingerprint density at radius 1 is 1.40 bits per heavy atom. The maximum atomic E-state index is 6.08. The van der Waals surface area contributed by atoms with Gasteiger partial charge in [0.1, 0.15) is 5.82 Å². The SMILES string of the molecule is Cn1cc(CN2CC[C@H]3OCC[C@@]3(CCNc3ccccn3)C2)cn1. The van der Waals surface area contributed by atoms with E-state index < -0.39 is 0 Å². The summed E-state index contributed by atoms with van der Waals surface area (Å²) in [7, 11) is 1.98. The highest BCUT2D eigenvalue weighted by atomic mass is 16.5. The Kier molecular flexibility index (Phi) is 4.72. The minimum Gasteiger partial charge on any atom is -0.378 e. The van der Waals surface area contributed by atoms with Crippen molar-refractivity contribution in [3.63, 3.8) is 0 Å². The van der Waals surface area contributed by atoms with Gasteiger partial charge in [-0.3, -0.25) is 9.58 Å². The van der Waals surface area contributed by atoms with Crippen molar-refractivity contribution in [1.29, 1.82) is 0 Å². The van der Waals surface area contributed by atoms with Crippen LogP contribution in [-0.2, 0) is 18.3 Å². The summed E-state index contributed by atoms with van der Waals surface area (Å²) in [6.45, 7) is 5.04. The summed E-state index contributed by atoms with van der Waals surface area (Å²) in [4.78, 5) is 6.93. The Morgan fingerprint density at radius 2 is 2.36 bits per heavy atom. The molecule has 2 aromatic heterocycles. The summed E-state index contributed by atoms with van der Waals surface area (Å²) in [6, 6.07) is 5.99. The van der Waals surface area contributed by atoms with Crippen LogP contribution < -0.4 is 5.32 Å². The Balaban J connectivity index is 1.38. The van der Waals surface area contributed by atoms with E-state index in [0.29, 0.717) is 6.10 Å². The van der Waals surface area contributed by atoms with Gasteiger partial charge in [0.2, 0.25) is 0 Å². The van der Waals surface area contributed by atoms with E-state index in [9.17, 15) is 0 Å². The molecule has 25 heavy (non-hydrogen) atoms. The second-order valence-corrected chi connectivity index (χ2v) is 7.39. The van der Waals surface area contributed by atoms with Gasteiger partial charge in [0.25, 0.3) is 0 Å². The van der Waals surface area contributed by atoms with Crippen LogP contribution in [0.3, 0.4) is 0 Å². The number of hydrogen-bond donors (Lipinski definition) is 1. The topological polar surface area (TPSA) is 55.2 Å². The smallest absolute Gasteiger partial charge is 0.125 e. The van der Waals surface area contributed by atoms with Crippen molar-refractivity contribution in [3.8, 4) is 0 Å². The number of nitrogens with one attached hydrogen (secondary N) is 1. The van der Waals surface area contributed by atoms with Crippen LogP contribution in [0.15, 0.2) is 36.8 Å². The molecule has 0 bridgehead atoms. The fraction of sp³-hybridized carbons (Fsp3) is 0.579. The molecule has 2 aliphatic rings. The standard InChI is InChI=1S/C19H27N5O/c1-23-13-16(12-22-23)14-24-10-5-17-19(15-24,7-11-25-17)6-9-21-18-4-2-3-8-20-18/h2-4,8,12-13,17H,5-7,9-11,14-15H2,1H3,(H,20,21)/t17-,19+/m1/s1. The number of piperidine rings is 1. The number of pyridine rings is 1. The Labute approximate surface area is 149 Å². The number of likely N-dealkylation sites (tertiary alicyclic amines) is 1. The van der Waals surface area contributed by atoms with Crippen molar-refractivity contribution in [2.45, 2.75) is 31.9 Å². The van der Waals surface area contributed by atoms with Crippen molar-refractivity contribution in [2.24, 2.45) is 12.5 Å². The summed E-state index contributed by atoms with van der Waals surface area (Å²) in [5.74, 6) is 0.956. The third-order valence-electron chi connectivity index (χ3n) is 5.61. The molecule has 134 valence electrons. The molecule has 2 aliphatic heterocycles. The average molecular weight is 341 g/mol.